The minimum Gasteiger partial charge on any atom is -0.469 e. The Bertz CT molecular complexity index is 267. The van der Waals surface area contributed by atoms with Crippen LogP contribution in [0.3, 0.4) is 0 Å². The SMILES string of the molecule is COCC(=O)N[C@@H](CCC(=O)OC)C(N)=O. The van der Waals surface area contributed by atoms with E-state index in [2.05, 4.69) is 14.8 Å². The molecular formula is C9H16N2O5. The van der Waals surface area contributed by atoms with Crippen LogP contribution in [0.1, 0.15) is 12.8 Å². The molecule has 0 saturated heterocycles. The highest BCUT2D eigenvalue weighted by atomic mass is 16.5. The molecule has 0 unspecified atom stereocenters. The first kappa shape index (κ1) is 14.4. The van der Waals surface area contributed by atoms with Gasteiger partial charge in [-0.25, -0.2) is 0 Å². The Morgan fingerprint density at radius 3 is 2.38 bits per heavy atom. The topological polar surface area (TPSA) is 108 Å². The first-order valence-electron chi connectivity index (χ1n) is 4.65. The van der Waals surface area contributed by atoms with Gasteiger partial charge in [-0.05, 0) is 6.42 Å². The normalized spacial score (nSPS) is 11.6. The van der Waals surface area contributed by atoms with Gasteiger partial charge in [-0.3, -0.25) is 14.4 Å². The summed E-state index contributed by atoms with van der Waals surface area (Å²) in [7, 11) is 2.60. The molecule has 92 valence electrons. The Hall–Kier alpha value is -1.63. The molecule has 1 atom stereocenters. The third kappa shape index (κ3) is 5.97. The van der Waals surface area contributed by atoms with E-state index in [0.29, 0.717) is 0 Å². The number of ether oxygens (including phenoxy) is 2. The molecule has 0 rings (SSSR count). The van der Waals surface area contributed by atoms with Gasteiger partial charge in [-0.15, -0.1) is 0 Å². The molecule has 0 aliphatic heterocycles. The van der Waals surface area contributed by atoms with Crippen LogP contribution >= 0.6 is 0 Å². The van der Waals surface area contributed by atoms with E-state index < -0.39 is 23.8 Å². The number of amides is 2. The number of rotatable bonds is 7. The second-order valence-corrected chi connectivity index (χ2v) is 3.07. The van der Waals surface area contributed by atoms with Gasteiger partial charge in [0.25, 0.3) is 0 Å². The van der Waals surface area contributed by atoms with Crippen LogP contribution in [0.2, 0.25) is 0 Å². The minimum atomic E-state index is -0.887. The summed E-state index contributed by atoms with van der Waals surface area (Å²) in [5, 5.41) is 2.35. The molecule has 0 aromatic rings. The summed E-state index contributed by atoms with van der Waals surface area (Å²) >= 11 is 0. The summed E-state index contributed by atoms with van der Waals surface area (Å²) in [5.74, 6) is -1.63. The van der Waals surface area contributed by atoms with E-state index in [1.165, 1.54) is 14.2 Å². The Labute approximate surface area is 93.3 Å². The van der Waals surface area contributed by atoms with Crippen LogP contribution in [-0.4, -0.2) is 44.7 Å². The molecule has 0 aliphatic rings. The number of nitrogens with one attached hydrogen (secondary N) is 1. The molecule has 16 heavy (non-hydrogen) atoms. The van der Waals surface area contributed by atoms with Crippen molar-refractivity contribution < 1.29 is 23.9 Å². The van der Waals surface area contributed by atoms with Crippen LogP contribution in [0, 0.1) is 0 Å². The molecule has 0 aromatic carbocycles. The maximum absolute atomic E-state index is 11.1. The van der Waals surface area contributed by atoms with E-state index in [0.717, 1.165) is 0 Å². The zero-order valence-corrected chi connectivity index (χ0v) is 9.32. The molecule has 7 nitrogen and oxygen atoms in total. The van der Waals surface area contributed by atoms with Crippen LogP contribution in [-0.2, 0) is 23.9 Å². The molecule has 7 heteroatoms. The van der Waals surface area contributed by atoms with Crippen LogP contribution < -0.4 is 11.1 Å². The number of primary amides is 1. The smallest absolute Gasteiger partial charge is 0.305 e. The van der Waals surface area contributed by atoms with Gasteiger partial charge in [0.05, 0.1) is 7.11 Å². The van der Waals surface area contributed by atoms with E-state index in [9.17, 15) is 14.4 Å². The van der Waals surface area contributed by atoms with Crippen LogP contribution in [0.4, 0.5) is 0 Å². The average molecular weight is 232 g/mol. The Morgan fingerprint density at radius 1 is 1.31 bits per heavy atom. The van der Waals surface area contributed by atoms with Gasteiger partial charge in [0.1, 0.15) is 12.6 Å². The molecule has 0 fully saturated rings. The molecule has 0 heterocycles. The van der Waals surface area contributed by atoms with Crippen LogP contribution in [0.25, 0.3) is 0 Å². The van der Waals surface area contributed by atoms with Crippen LogP contribution in [0.15, 0.2) is 0 Å². The van der Waals surface area contributed by atoms with E-state index in [1.807, 2.05) is 0 Å². The van der Waals surface area contributed by atoms with Gasteiger partial charge in [0.15, 0.2) is 0 Å². The predicted molar refractivity (Wildman–Crippen MR) is 54.3 cm³/mol. The van der Waals surface area contributed by atoms with Crippen molar-refractivity contribution in [2.45, 2.75) is 18.9 Å². The van der Waals surface area contributed by atoms with Gasteiger partial charge in [0.2, 0.25) is 11.8 Å². The number of carbonyl (C=O) groups is 3. The highest BCUT2D eigenvalue weighted by molar-refractivity contribution is 5.87. The lowest BCUT2D eigenvalue weighted by molar-refractivity contribution is -0.141. The highest BCUT2D eigenvalue weighted by Crippen LogP contribution is 1.98. The summed E-state index contributed by atoms with van der Waals surface area (Å²) in [5.41, 5.74) is 5.06. The fourth-order valence-corrected chi connectivity index (χ4v) is 1.02. The van der Waals surface area contributed by atoms with Crippen molar-refractivity contribution in [1.82, 2.24) is 5.32 Å². The van der Waals surface area contributed by atoms with Gasteiger partial charge in [-0.2, -0.15) is 0 Å². The van der Waals surface area contributed by atoms with Crippen molar-refractivity contribution in [2.24, 2.45) is 5.73 Å². The van der Waals surface area contributed by atoms with Crippen molar-refractivity contribution in [3.63, 3.8) is 0 Å². The zero-order chi connectivity index (χ0) is 12.6. The molecule has 2 amide bonds. The largest absolute Gasteiger partial charge is 0.469 e. The Morgan fingerprint density at radius 2 is 1.94 bits per heavy atom. The zero-order valence-electron chi connectivity index (χ0n) is 9.32. The number of esters is 1. The molecule has 0 bridgehead atoms. The molecule has 0 spiro atoms. The first-order valence-corrected chi connectivity index (χ1v) is 4.65. The number of nitrogens with two attached hydrogens (primary N) is 1. The van der Waals surface area contributed by atoms with Gasteiger partial charge < -0.3 is 20.5 Å². The van der Waals surface area contributed by atoms with Crippen molar-refractivity contribution in [3.05, 3.63) is 0 Å². The summed E-state index contributed by atoms with van der Waals surface area (Å²) in [6, 6.07) is -0.887. The van der Waals surface area contributed by atoms with Crippen molar-refractivity contribution in [2.75, 3.05) is 20.8 Å². The summed E-state index contributed by atoms with van der Waals surface area (Å²) in [6.45, 7) is -0.165. The molecule has 3 N–H and O–H groups in total. The molecule has 0 radical (unpaired) electrons. The van der Waals surface area contributed by atoms with E-state index >= 15 is 0 Å². The van der Waals surface area contributed by atoms with Gasteiger partial charge >= 0.3 is 5.97 Å². The quantitative estimate of drug-likeness (QED) is 0.522. The highest BCUT2D eigenvalue weighted by Gasteiger charge is 2.19. The minimum absolute atomic E-state index is 0.0113. The number of hydrogen-bond donors (Lipinski definition) is 2. The number of carbonyl (C=O) groups excluding carboxylic acids is 3. The second kappa shape index (κ2) is 7.63. The third-order valence-corrected chi connectivity index (χ3v) is 1.82. The van der Waals surface area contributed by atoms with E-state index in [4.69, 9.17) is 5.73 Å². The predicted octanol–water partition coefficient (Wildman–Crippen LogP) is -1.44. The molecular weight excluding hydrogens is 216 g/mol. The van der Waals surface area contributed by atoms with Crippen molar-refractivity contribution in [3.8, 4) is 0 Å². The summed E-state index contributed by atoms with van der Waals surface area (Å²) < 4.78 is 8.98. The van der Waals surface area contributed by atoms with Gasteiger partial charge in [-0.1, -0.05) is 0 Å². The molecule has 0 aliphatic carbocycles. The van der Waals surface area contributed by atoms with Crippen molar-refractivity contribution in [1.29, 1.82) is 0 Å². The standard InChI is InChI=1S/C9H16N2O5/c1-15-5-7(12)11-6(9(10)14)3-4-8(13)16-2/h6H,3-5H2,1-2H3,(H2,10,14)(H,11,12)/t6-/m0/s1. The fraction of sp³-hybridized carbons (Fsp3) is 0.667. The average Bonchev–Trinajstić information content (AvgIpc) is 2.23. The number of hydrogen-bond acceptors (Lipinski definition) is 5. The first-order chi connectivity index (χ1) is 7.51. The van der Waals surface area contributed by atoms with Gasteiger partial charge in [0, 0.05) is 13.5 Å². The molecule has 0 saturated carbocycles. The lowest BCUT2D eigenvalue weighted by atomic mass is 10.1. The lowest BCUT2D eigenvalue weighted by Gasteiger charge is -2.14. The fourth-order valence-electron chi connectivity index (χ4n) is 1.02. The lowest BCUT2D eigenvalue weighted by Crippen LogP contribution is -2.45. The molecule has 0 aromatic heterocycles. The van der Waals surface area contributed by atoms with E-state index in [1.54, 1.807) is 0 Å². The summed E-state index contributed by atoms with van der Waals surface area (Å²) in [6.07, 6.45) is 0.120. The van der Waals surface area contributed by atoms with Crippen LogP contribution in [0.5, 0.6) is 0 Å². The Kier molecular flexibility index (Phi) is 6.86. The monoisotopic (exact) mass is 232 g/mol. The number of methoxy groups -OCH3 is 2. The van der Waals surface area contributed by atoms with Crippen molar-refractivity contribution >= 4 is 17.8 Å². The second-order valence-electron chi connectivity index (χ2n) is 3.07. The maximum Gasteiger partial charge on any atom is 0.305 e. The summed E-state index contributed by atoms with van der Waals surface area (Å²) in [4.78, 5) is 32.9. The van der Waals surface area contributed by atoms with E-state index in [-0.39, 0.29) is 19.4 Å². The third-order valence-electron chi connectivity index (χ3n) is 1.82. The maximum atomic E-state index is 11.1. The Balaban J connectivity index is 4.12.